The number of aliphatic hydroxyl groups excluding tert-OH is 1. The highest BCUT2D eigenvalue weighted by Gasteiger charge is 2.39. The summed E-state index contributed by atoms with van der Waals surface area (Å²) in [5.74, 6) is -2.78. The van der Waals surface area contributed by atoms with Crippen molar-refractivity contribution in [2.75, 3.05) is 57.6 Å². The van der Waals surface area contributed by atoms with E-state index in [-0.39, 0.29) is 50.0 Å². The average molecular weight is 752 g/mol. The molecule has 3 N–H and O–H groups in total. The van der Waals surface area contributed by atoms with Crippen LogP contribution < -0.4 is 15.4 Å². The van der Waals surface area contributed by atoms with Crippen LogP contribution in [0, 0.1) is 23.0 Å². The number of ether oxygens (including phenoxy) is 1. The first-order valence-corrected chi connectivity index (χ1v) is 17.6. The SMILES string of the molecule is CC.COc1nc(N(C)C2CCN(C(=O)CO)C2)c2cc(C(F)(F)F)c(-c3ccc(F)c4sc(N)c(C#N)c34)c(F)c2n1.FC1CC2CCCN2C1. The van der Waals surface area contributed by atoms with Crippen molar-refractivity contribution in [1.29, 1.82) is 5.26 Å². The molecule has 3 aliphatic rings. The molecule has 2 aromatic heterocycles. The molecule has 3 fully saturated rings. The molecule has 10 nitrogen and oxygen atoms in total. The number of methoxy groups -OCH3 is 1. The number of fused-ring (bicyclic) bond motifs is 3. The number of anilines is 2. The Morgan fingerprint density at radius 1 is 1.19 bits per heavy atom. The van der Waals surface area contributed by atoms with E-state index >= 15 is 4.39 Å². The Labute approximate surface area is 300 Å². The molecule has 17 heteroatoms. The molecule has 0 radical (unpaired) electrons. The van der Waals surface area contributed by atoms with E-state index in [2.05, 4.69) is 14.9 Å². The lowest BCUT2D eigenvalue weighted by Crippen LogP contribution is -2.38. The number of nitrogen functional groups attached to an aromatic ring is 1. The Morgan fingerprint density at radius 3 is 2.56 bits per heavy atom. The number of carbonyl (C=O) groups is 1. The van der Waals surface area contributed by atoms with Gasteiger partial charge in [0, 0.05) is 55.1 Å². The van der Waals surface area contributed by atoms with Gasteiger partial charge < -0.3 is 25.4 Å². The molecule has 5 heterocycles. The quantitative estimate of drug-likeness (QED) is 0.219. The van der Waals surface area contributed by atoms with Crippen molar-refractivity contribution in [3.63, 3.8) is 0 Å². The summed E-state index contributed by atoms with van der Waals surface area (Å²) in [6.07, 6.45) is -1.87. The first-order valence-electron chi connectivity index (χ1n) is 16.8. The predicted molar refractivity (Wildman–Crippen MR) is 187 cm³/mol. The number of amides is 1. The molecule has 280 valence electrons. The van der Waals surface area contributed by atoms with E-state index in [9.17, 15) is 37.1 Å². The lowest BCUT2D eigenvalue weighted by molar-refractivity contribution is -0.137. The third-order valence-electron chi connectivity index (χ3n) is 9.57. The zero-order valence-corrected chi connectivity index (χ0v) is 29.8. The summed E-state index contributed by atoms with van der Waals surface area (Å²) >= 11 is 0.673. The van der Waals surface area contributed by atoms with Gasteiger partial charge in [0.25, 0.3) is 0 Å². The molecule has 3 atom stereocenters. The number of hydrogen-bond acceptors (Lipinski definition) is 10. The molecule has 3 aliphatic heterocycles. The van der Waals surface area contributed by atoms with Gasteiger partial charge >= 0.3 is 12.2 Å². The number of hydrogen-bond donors (Lipinski definition) is 2. The van der Waals surface area contributed by atoms with E-state index in [0.717, 1.165) is 25.1 Å². The van der Waals surface area contributed by atoms with Crippen molar-refractivity contribution < 1.29 is 41.0 Å². The second kappa shape index (κ2) is 15.7. The highest BCUT2D eigenvalue weighted by Crippen LogP contribution is 2.48. The number of likely N-dealkylation sites (N-methyl/N-ethyl adjacent to an activating group) is 1. The van der Waals surface area contributed by atoms with Gasteiger partial charge in [-0.15, -0.1) is 11.3 Å². The third kappa shape index (κ3) is 7.28. The number of thiophene rings is 1. The maximum atomic E-state index is 16.4. The Morgan fingerprint density at radius 2 is 1.92 bits per heavy atom. The number of rotatable bonds is 5. The van der Waals surface area contributed by atoms with Gasteiger partial charge in [0.15, 0.2) is 5.82 Å². The molecule has 4 aromatic rings. The molecule has 3 saturated heterocycles. The molecule has 0 aliphatic carbocycles. The van der Waals surface area contributed by atoms with Crippen LogP contribution in [0.4, 0.5) is 37.2 Å². The smallest absolute Gasteiger partial charge is 0.417 e. The standard InChI is InChI=1S/C26H21F5N6O3S.C7H12FN.C2H6/c1-36(11-5-6-37(9-11)17(39)10-38)24-13-7-15(26(29,30)31)19(20(28)21(13)34-25(35-24)40-2)12-3-4-16(27)22-18(12)14(8-32)23(33)41-22;8-6-4-7-2-1-3-9(7)5-6;1-2/h3-4,7,11,38H,5-6,9-10,33H2,1-2H3;6-7H,1-5H2;1-2H3. The summed E-state index contributed by atoms with van der Waals surface area (Å²) in [7, 11) is 2.75. The number of likely N-dealkylation sites (tertiary alicyclic amines) is 1. The first-order chi connectivity index (χ1) is 24.8. The van der Waals surface area contributed by atoms with Crippen LogP contribution in [0.25, 0.3) is 32.1 Å². The van der Waals surface area contributed by atoms with E-state index in [1.165, 1.54) is 36.8 Å². The number of halogens is 6. The zero-order valence-electron chi connectivity index (χ0n) is 29.0. The second-order valence-corrected chi connectivity index (χ2v) is 13.5. The van der Waals surface area contributed by atoms with Gasteiger partial charge in [-0.05, 0) is 49.9 Å². The lowest BCUT2D eigenvalue weighted by atomic mass is 9.92. The number of carbonyl (C=O) groups excluding carboxylic acids is 1. The van der Waals surface area contributed by atoms with Crippen LogP contribution in [-0.2, 0) is 11.0 Å². The monoisotopic (exact) mass is 751 g/mol. The summed E-state index contributed by atoms with van der Waals surface area (Å²) in [4.78, 5) is 25.4. The summed E-state index contributed by atoms with van der Waals surface area (Å²) in [6.45, 7) is 5.62. The van der Waals surface area contributed by atoms with Crippen LogP contribution in [0.5, 0.6) is 6.01 Å². The van der Waals surface area contributed by atoms with Crippen LogP contribution in [-0.4, -0.2) is 96.0 Å². The van der Waals surface area contributed by atoms with Crippen LogP contribution in [0.15, 0.2) is 18.2 Å². The third-order valence-corrected chi connectivity index (χ3v) is 10.6. The van der Waals surface area contributed by atoms with Crippen LogP contribution in [0.1, 0.15) is 50.7 Å². The van der Waals surface area contributed by atoms with Gasteiger partial charge in [0.05, 0.1) is 22.9 Å². The number of nitrogens with two attached hydrogens (primary N) is 1. The summed E-state index contributed by atoms with van der Waals surface area (Å²) < 4.78 is 92.4. The fourth-order valence-electron chi connectivity index (χ4n) is 7.13. The number of aromatic nitrogens is 2. The van der Waals surface area contributed by atoms with Crippen LogP contribution >= 0.6 is 11.3 Å². The minimum absolute atomic E-state index is 0.0761. The number of nitriles is 1. The van der Waals surface area contributed by atoms with Gasteiger partial charge in [-0.3, -0.25) is 9.69 Å². The average Bonchev–Trinajstić information content (AvgIpc) is 3.92. The Bertz CT molecular complexity index is 1990. The first kappa shape index (κ1) is 38.8. The molecular weight excluding hydrogens is 712 g/mol. The molecule has 1 amide bonds. The van der Waals surface area contributed by atoms with E-state index < -0.39 is 59.2 Å². The van der Waals surface area contributed by atoms with Crippen LogP contribution in [0.2, 0.25) is 0 Å². The van der Waals surface area contributed by atoms with Gasteiger partial charge in [0.1, 0.15) is 41.0 Å². The summed E-state index contributed by atoms with van der Waals surface area (Å²) in [5.41, 5.74) is 2.39. The molecular formula is C35H39F6N7O3S. The zero-order chi connectivity index (χ0) is 38.1. The summed E-state index contributed by atoms with van der Waals surface area (Å²) in [6, 6.07) is 4.21. The van der Waals surface area contributed by atoms with Gasteiger partial charge in [0.2, 0.25) is 5.91 Å². The Hall–Kier alpha value is -4.40. The highest BCUT2D eigenvalue weighted by atomic mass is 32.1. The normalized spacial score (nSPS) is 19.9. The molecule has 52 heavy (non-hydrogen) atoms. The molecule has 0 saturated carbocycles. The summed E-state index contributed by atoms with van der Waals surface area (Å²) in [5, 5.41) is 18.2. The highest BCUT2D eigenvalue weighted by molar-refractivity contribution is 7.23. The van der Waals surface area contributed by atoms with Crippen LogP contribution in [0.3, 0.4) is 0 Å². The fourth-order valence-corrected chi connectivity index (χ4v) is 8.08. The fraction of sp³-hybridized carbons (Fsp3) is 0.486. The van der Waals surface area contributed by atoms with Gasteiger partial charge in [-0.25, -0.2) is 13.2 Å². The maximum Gasteiger partial charge on any atom is 0.417 e. The number of benzene rings is 2. The van der Waals surface area contributed by atoms with Gasteiger partial charge in [-0.1, -0.05) is 19.9 Å². The molecule has 3 unspecified atom stereocenters. The van der Waals surface area contributed by atoms with Crippen molar-refractivity contribution in [3.05, 3.63) is 41.0 Å². The van der Waals surface area contributed by atoms with Crippen molar-refractivity contribution in [2.45, 2.75) is 64.0 Å². The minimum atomic E-state index is -5.09. The van der Waals surface area contributed by atoms with E-state index in [1.807, 2.05) is 13.8 Å². The number of alkyl halides is 4. The predicted octanol–water partition coefficient (Wildman–Crippen LogP) is 6.52. The Balaban J connectivity index is 0.000000405. The van der Waals surface area contributed by atoms with Crippen molar-refractivity contribution >= 4 is 49.1 Å². The topological polar surface area (TPSA) is 132 Å². The Kier molecular flexibility index (Phi) is 11.7. The minimum Gasteiger partial charge on any atom is -0.467 e. The lowest BCUT2D eigenvalue weighted by Gasteiger charge is -2.27. The van der Waals surface area contributed by atoms with Gasteiger partial charge in [-0.2, -0.15) is 28.4 Å². The molecule has 0 spiro atoms. The largest absolute Gasteiger partial charge is 0.467 e. The molecule has 2 aromatic carbocycles. The van der Waals surface area contributed by atoms with E-state index in [0.29, 0.717) is 43.0 Å². The van der Waals surface area contributed by atoms with Crippen molar-refractivity contribution in [1.82, 2.24) is 19.8 Å². The molecule has 7 rings (SSSR count). The van der Waals surface area contributed by atoms with Crippen molar-refractivity contribution in [2.24, 2.45) is 0 Å². The second-order valence-electron chi connectivity index (χ2n) is 12.5. The maximum absolute atomic E-state index is 16.4. The molecule has 0 bridgehead atoms. The number of aliphatic hydroxyl groups is 1. The van der Waals surface area contributed by atoms with Crippen molar-refractivity contribution in [3.8, 4) is 23.2 Å². The number of nitrogens with zero attached hydrogens (tertiary/aromatic N) is 6. The van der Waals surface area contributed by atoms with E-state index in [4.69, 9.17) is 10.5 Å². The van der Waals surface area contributed by atoms with E-state index in [1.54, 1.807) is 6.07 Å².